The number of hydrogen-bond donors (Lipinski definition) is 0. The number of carbonyl (C=O) groups is 1. The molecule has 1 radical (unpaired) electrons. The molecule has 2 aromatic heterocycles. The van der Waals surface area contributed by atoms with Gasteiger partial charge >= 0.3 is 6.18 Å². The van der Waals surface area contributed by atoms with Crippen LogP contribution in [0.5, 0.6) is 5.75 Å². The second-order valence-corrected chi connectivity index (χ2v) is 10.5. The van der Waals surface area contributed by atoms with E-state index in [1.807, 2.05) is 17.8 Å². The van der Waals surface area contributed by atoms with Gasteiger partial charge in [-0.2, -0.15) is 18.3 Å². The van der Waals surface area contributed by atoms with Gasteiger partial charge in [0, 0.05) is 24.7 Å². The number of benzene rings is 1. The van der Waals surface area contributed by atoms with Crippen molar-refractivity contribution in [2.75, 3.05) is 0 Å². The van der Waals surface area contributed by atoms with Crippen molar-refractivity contribution < 1.29 is 22.7 Å². The topological polar surface area (TPSA) is 74.8 Å². The lowest BCUT2D eigenvalue weighted by Gasteiger charge is -2.28. The van der Waals surface area contributed by atoms with Crippen LogP contribution in [0.25, 0.3) is 5.57 Å². The van der Waals surface area contributed by atoms with Crippen LogP contribution in [0, 0.1) is 5.92 Å². The van der Waals surface area contributed by atoms with E-state index in [0.29, 0.717) is 17.8 Å². The zero-order valence-electron chi connectivity index (χ0n) is 22.0. The van der Waals surface area contributed by atoms with Crippen molar-refractivity contribution in [2.45, 2.75) is 76.0 Å². The zero-order chi connectivity index (χ0) is 27.4. The quantitative estimate of drug-likeness (QED) is 0.247. The molecular formula is C28H32BF3N5O2. The first-order chi connectivity index (χ1) is 18.8. The van der Waals surface area contributed by atoms with Crippen LogP contribution in [0.15, 0.2) is 42.7 Å². The summed E-state index contributed by atoms with van der Waals surface area (Å²) in [5.74, 6) is 2.42. The van der Waals surface area contributed by atoms with E-state index in [-0.39, 0.29) is 18.3 Å². The van der Waals surface area contributed by atoms with Gasteiger partial charge in [-0.3, -0.25) is 4.68 Å². The smallest absolute Gasteiger partial charge is 0.416 e. The third-order valence-corrected chi connectivity index (χ3v) is 8.02. The summed E-state index contributed by atoms with van der Waals surface area (Å²) < 4.78 is 48.5. The van der Waals surface area contributed by atoms with Gasteiger partial charge in [-0.1, -0.05) is 18.5 Å². The van der Waals surface area contributed by atoms with E-state index in [0.717, 1.165) is 75.4 Å². The predicted molar refractivity (Wildman–Crippen MR) is 142 cm³/mol. The van der Waals surface area contributed by atoms with Crippen LogP contribution < -0.4 is 4.74 Å². The molecule has 0 amide bonds. The number of alkyl halides is 3. The first-order valence-electron chi connectivity index (χ1n) is 13.5. The average molecular weight is 538 g/mol. The van der Waals surface area contributed by atoms with Crippen LogP contribution in [0.1, 0.15) is 79.7 Å². The van der Waals surface area contributed by atoms with Gasteiger partial charge in [0.2, 0.25) is 0 Å². The number of halogens is 3. The fraction of sp³-hybridized carbons (Fsp3) is 0.500. The number of carbonyl (C=O) groups excluding carboxylic acids is 1. The van der Waals surface area contributed by atoms with E-state index in [1.54, 1.807) is 7.28 Å². The molecule has 7 nitrogen and oxygen atoms in total. The van der Waals surface area contributed by atoms with Crippen LogP contribution in [0.3, 0.4) is 0 Å². The molecule has 39 heavy (non-hydrogen) atoms. The van der Waals surface area contributed by atoms with Gasteiger partial charge in [-0.25, -0.2) is 0 Å². The van der Waals surface area contributed by atoms with Gasteiger partial charge in [0.25, 0.3) is 0 Å². The van der Waals surface area contributed by atoms with E-state index >= 15 is 0 Å². The van der Waals surface area contributed by atoms with Crippen LogP contribution in [0.4, 0.5) is 13.2 Å². The summed E-state index contributed by atoms with van der Waals surface area (Å²) in [7, 11) is 3.60. The second kappa shape index (κ2) is 11.8. The van der Waals surface area contributed by atoms with Crippen molar-refractivity contribution in [1.29, 1.82) is 0 Å². The first-order valence-corrected chi connectivity index (χ1v) is 13.5. The van der Waals surface area contributed by atoms with Gasteiger partial charge < -0.3 is 14.1 Å². The number of aromatic nitrogens is 5. The maximum atomic E-state index is 13.0. The molecule has 1 fully saturated rings. The summed E-state index contributed by atoms with van der Waals surface area (Å²) in [6.45, 7) is 0.0438. The van der Waals surface area contributed by atoms with Crippen LogP contribution >= 0.6 is 0 Å². The lowest BCUT2D eigenvalue weighted by molar-refractivity contribution is -0.137. The van der Waals surface area contributed by atoms with E-state index in [1.165, 1.54) is 23.3 Å². The third-order valence-electron chi connectivity index (χ3n) is 8.02. The van der Waals surface area contributed by atoms with Crippen molar-refractivity contribution in [2.24, 2.45) is 13.0 Å². The Bertz CT molecular complexity index is 1310. The molecule has 11 heteroatoms. The third kappa shape index (κ3) is 6.45. The summed E-state index contributed by atoms with van der Waals surface area (Å²) in [5.41, 5.74) is 1.79. The SMILES string of the molecule is Cn1c(COc2cccc(C(F)(F)F)c2)nnc1C1CCC(n2cc(C3=CCC(C[B]C=O)CC3)cn2)CC1. The van der Waals surface area contributed by atoms with E-state index in [9.17, 15) is 18.0 Å². The highest BCUT2D eigenvalue weighted by molar-refractivity contribution is 6.66. The van der Waals surface area contributed by atoms with Crippen molar-refractivity contribution in [3.05, 3.63) is 65.5 Å². The highest BCUT2D eigenvalue weighted by Gasteiger charge is 2.31. The molecule has 3 aromatic rings. The average Bonchev–Trinajstić information content (AvgIpc) is 3.58. The van der Waals surface area contributed by atoms with Gasteiger partial charge in [0.05, 0.1) is 24.0 Å². The standard InChI is InChI=1S/C28H32BF3N5O2/c1-36-26(17-39-25-4-2-3-23(13-25)28(30,31)32)34-35-27(36)21-9-11-24(12-10-21)37-16-22(15-33-37)20-7-5-19(6-8-20)14-29-18-38/h2-4,7,13,15-16,18-19,21,24H,5-6,8-12,14,17H2,1H3. The fourth-order valence-electron chi connectivity index (χ4n) is 5.68. The van der Waals surface area contributed by atoms with E-state index in [2.05, 4.69) is 32.3 Å². The molecular weight excluding hydrogens is 506 g/mol. The number of allylic oxidation sites excluding steroid dienone is 2. The van der Waals surface area contributed by atoms with Gasteiger partial charge in [-0.15, -0.1) is 10.2 Å². The van der Waals surface area contributed by atoms with Gasteiger partial charge in [0.15, 0.2) is 13.1 Å². The molecule has 0 spiro atoms. The van der Waals surface area contributed by atoms with Gasteiger partial charge in [-0.05, 0) is 74.6 Å². The number of nitrogens with zero attached hydrogens (tertiary/aromatic N) is 5. The minimum atomic E-state index is -4.41. The first kappa shape index (κ1) is 27.2. The summed E-state index contributed by atoms with van der Waals surface area (Å²) in [4.78, 5) is 10.6. The molecule has 1 saturated carbocycles. The number of ether oxygens (including phenoxy) is 1. The molecule has 0 saturated heterocycles. The molecule has 2 aliphatic rings. The molecule has 0 N–H and O–H groups in total. The van der Waals surface area contributed by atoms with Crippen LogP contribution in [-0.4, -0.2) is 38.0 Å². The van der Waals surface area contributed by atoms with Crippen molar-refractivity contribution in [3.63, 3.8) is 0 Å². The Morgan fingerprint density at radius 3 is 2.69 bits per heavy atom. The molecule has 0 aliphatic heterocycles. The lowest BCUT2D eigenvalue weighted by Crippen LogP contribution is -2.20. The minimum Gasteiger partial charge on any atom is -0.486 e. The minimum absolute atomic E-state index is 0.0438. The summed E-state index contributed by atoms with van der Waals surface area (Å²) in [6.07, 6.45) is 10.8. The zero-order valence-corrected chi connectivity index (χ0v) is 22.0. The Balaban J connectivity index is 1.14. The number of hydrogen-bond acceptors (Lipinski definition) is 5. The lowest BCUT2D eigenvalue weighted by atomic mass is 9.68. The van der Waals surface area contributed by atoms with E-state index < -0.39 is 11.7 Å². The second-order valence-electron chi connectivity index (χ2n) is 10.5. The molecule has 1 atom stereocenters. The van der Waals surface area contributed by atoms with Crippen molar-refractivity contribution >= 4 is 19.0 Å². The normalized spacial score (nSPS) is 21.8. The highest BCUT2D eigenvalue weighted by Crippen LogP contribution is 2.38. The Labute approximate surface area is 226 Å². The number of rotatable bonds is 9. The maximum Gasteiger partial charge on any atom is 0.416 e. The fourth-order valence-corrected chi connectivity index (χ4v) is 5.68. The predicted octanol–water partition coefficient (Wildman–Crippen LogP) is 6.00. The molecule has 0 bridgehead atoms. The van der Waals surface area contributed by atoms with Crippen molar-refractivity contribution in [3.8, 4) is 5.75 Å². The Kier molecular flexibility index (Phi) is 8.23. The summed E-state index contributed by atoms with van der Waals surface area (Å²) >= 11 is 0. The van der Waals surface area contributed by atoms with Gasteiger partial charge in [0.1, 0.15) is 18.2 Å². The highest BCUT2D eigenvalue weighted by atomic mass is 19.4. The molecule has 5 rings (SSSR count). The molecule has 205 valence electrons. The molecule has 2 aliphatic carbocycles. The summed E-state index contributed by atoms with van der Waals surface area (Å²) in [6, 6.07) is 5.19. The van der Waals surface area contributed by atoms with Crippen molar-refractivity contribution in [1.82, 2.24) is 24.5 Å². The molecule has 1 aromatic carbocycles. The van der Waals surface area contributed by atoms with Crippen LogP contribution in [-0.2, 0) is 24.6 Å². The molecule has 2 heterocycles. The Hall–Kier alpha value is -3.37. The Morgan fingerprint density at radius 1 is 1.15 bits per heavy atom. The largest absolute Gasteiger partial charge is 0.486 e. The monoisotopic (exact) mass is 538 g/mol. The maximum absolute atomic E-state index is 13.0. The molecule has 1 unspecified atom stereocenters. The van der Waals surface area contributed by atoms with E-state index in [4.69, 9.17) is 4.74 Å². The summed E-state index contributed by atoms with van der Waals surface area (Å²) in [5, 5.41) is 13.3. The Morgan fingerprint density at radius 2 is 1.97 bits per heavy atom. The van der Waals surface area contributed by atoms with Crippen LogP contribution in [0.2, 0.25) is 6.32 Å².